The molecule has 0 radical (unpaired) electrons. The Kier molecular flexibility index (Phi) is 8.27. The molecule has 0 unspecified atom stereocenters. The van der Waals surface area contributed by atoms with Crippen molar-refractivity contribution in [2.24, 2.45) is 0 Å². The number of hydrogen-bond acceptors (Lipinski definition) is 4. The van der Waals surface area contributed by atoms with E-state index in [4.69, 9.17) is 9.47 Å². The molecule has 154 valence electrons. The number of carbonyl (C=O) groups excluding carboxylic acids is 2. The molecule has 0 aliphatic heterocycles. The van der Waals surface area contributed by atoms with Gasteiger partial charge in [-0.2, -0.15) is 0 Å². The van der Waals surface area contributed by atoms with Crippen molar-refractivity contribution in [3.05, 3.63) is 59.7 Å². The quantitative estimate of drug-likeness (QED) is 0.583. The maximum absolute atomic E-state index is 12.6. The Bertz CT molecular complexity index is 876. The smallest absolute Gasteiger partial charge is 0.255 e. The van der Waals surface area contributed by atoms with Gasteiger partial charge in [0.1, 0.15) is 11.5 Å². The van der Waals surface area contributed by atoms with E-state index in [0.717, 1.165) is 6.42 Å². The number of carbonyl (C=O) groups is 2. The van der Waals surface area contributed by atoms with Gasteiger partial charge in [-0.1, -0.05) is 31.2 Å². The third-order valence-electron chi connectivity index (χ3n) is 4.08. The standard InChI is InChI=1S/C23H28N2O4/c1-5-11-16(4)22(26)24-18-14-21(29-7-3)19(15-20(18)28-6-2)25-23(27)17-12-9-8-10-13-17/h8-15H,5-7H2,1-4H3,(H,24,26)(H,25,27)/b16-11+. The van der Waals surface area contributed by atoms with Crippen LogP contribution in [0.4, 0.5) is 11.4 Å². The summed E-state index contributed by atoms with van der Waals surface area (Å²) in [6, 6.07) is 12.3. The minimum Gasteiger partial charge on any atom is -0.492 e. The van der Waals surface area contributed by atoms with E-state index in [1.54, 1.807) is 43.3 Å². The molecule has 0 spiro atoms. The predicted molar refractivity (Wildman–Crippen MR) is 116 cm³/mol. The van der Waals surface area contributed by atoms with Crippen LogP contribution in [-0.4, -0.2) is 25.0 Å². The first-order valence-corrected chi connectivity index (χ1v) is 9.78. The predicted octanol–water partition coefficient (Wildman–Crippen LogP) is 5.03. The number of anilines is 2. The van der Waals surface area contributed by atoms with E-state index in [2.05, 4.69) is 10.6 Å². The summed E-state index contributed by atoms with van der Waals surface area (Å²) in [4.78, 5) is 25.0. The van der Waals surface area contributed by atoms with E-state index >= 15 is 0 Å². The molecule has 2 N–H and O–H groups in total. The lowest BCUT2D eigenvalue weighted by Crippen LogP contribution is -2.16. The topological polar surface area (TPSA) is 76.7 Å². The summed E-state index contributed by atoms with van der Waals surface area (Å²) < 4.78 is 11.4. The molecule has 0 heterocycles. The van der Waals surface area contributed by atoms with Crippen LogP contribution in [0.2, 0.25) is 0 Å². The lowest BCUT2D eigenvalue weighted by molar-refractivity contribution is -0.112. The first-order chi connectivity index (χ1) is 14.0. The van der Waals surface area contributed by atoms with Gasteiger partial charge in [-0.25, -0.2) is 0 Å². The van der Waals surface area contributed by atoms with Gasteiger partial charge in [-0.05, 0) is 39.3 Å². The van der Waals surface area contributed by atoms with E-state index in [1.165, 1.54) is 0 Å². The number of ether oxygens (including phenoxy) is 2. The van der Waals surface area contributed by atoms with Crippen LogP contribution in [0.1, 0.15) is 44.5 Å². The van der Waals surface area contributed by atoms with E-state index in [9.17, 15) is 9.59 Å². The summed E-state index contributed by atoms with van der Waals surface area (Å²) in [6.07, 6.45) is 2.62. The van der Waals surface area contributed by atoms with Crippen LogP contribution in [-0.2, 0) is 4.79 Å². The third kappa shape index (κ3) is 6.10. The zero-order chi connectivity index (χ0) is 21.2. The maximum atomic E-state index is 12.6. The summed E-state index contributed by atoms with van der Waals surface area (Å²) in [5.41, 5.74) is 2.12. The minimum atomic E-state index is -0.257. The van der Waals surface area contributed by atoms with Crippen molar-refractivity contribution in [1.29, 1.82) is 0 Å². The Labute approximate surface area is 171 Å². The first kappa shape index (κ1) is 22.0. The first-order valence-electron chi connectivity index (χ1n) is 9.78. The molecular formula is C23H28N2O4. The highest BCUT2D eigenvalue weighted by Gasteiger charge is 2.17. The van der Waals surface area contributed by atoms with Crippen molar-refractivity contribution in [3.63, 3.8) is 0 Å². The van der Waals surface area contributed by atoms with Crippen LogP contribution < -0.4 is 20.1 Å². The summed E-state index contributed by atoms with van der Waals surface area (Å²) >= 11 is 0. The van der Waals surface area contributed by atoms with Crippen LogP contribution in [0.25, 0.3) is 0 Å². The van der Waals surface area contributed by atoms with E-state index in [0.29, 0.717) is 47.2 Å². The van der Waals surface area contributed by atoms with Crippen molar-refractivity contribution >= 4 is 23.2 Å². The van der Waals surface area contributed by atoms with Gasteiger partial charge in [-0.3, -0.25) is 9.59 Å². The summed E-state index contributed by atoms with van der Waals surface area (Å²) in [6.45, 7) is 8.26. The van der Waals surface area contributed by atoms with Crippen LogP contribution in [0.15, 0.2) is 54.1 Å². The fraction of sp³-hybridized carbons (Fsp3) is 0.304. The third-order valence-corrected chi connectivity index (χ3v) is 4.08. The van der Waals surface area contributed by atoms with Gasteiger partial charge in [-0.15, -0.1) is 0 Å². The van der Waals surface area contributed by atoms with Gasteiger partial charge in [0.05, 0.1) is 24.6 Å². The zero-order valence-electron chi connectivity index (χ0n) is 17.4. The molecule has 0 saturated heterocycles. The molecule has 0 bridgehead atoms. The summed E-state index contributed by atoms with van der Waals surface area (Å²) in [5, 5.41) is 5.73. The van der Waals surface area contributed by atoms with E-state index < -0.39 is 0 Å². The van der Waals surface area contributed by atoms with Gasteiger partial charge in [0.2, 0.25) is 0 Å². The van der Waals surface area contributed by atoms with Crippen LogP contribution in [0.3, 0.4) is 0 Å². The fourth-order valence-corrected chi connectivity index (χ4v) is 2.71. The van der Waals surface area contributed by atoms with E-state index in [-0.39, 0.29) is 11.8 Å². The summed E-state index contributed by atoms with van der Waals surface area (Å²) in [5.74, 6) is 0.438. The van der Waals surface area contributed by atoms with Gasteiger partial charge < -0.3 is 20.1 Å². The highest BCUT2D eigenvalue weighted by atomic mass is 16.5. The van der Waals surface area contributed by atoms with Gasteiger partial charge in [0.15, 0.2) is 0 Å². The number of nitrogens with one attached hydrogen (secondary N) is 2. The van der Waals surface area contributed by atoms with Gasteiger partial charge >= 0.3 is 0 Å². The Balaban J connectivity index is 2.38. The fourth-order valence-electron chi connectivity index (χ4n) is 2.71. The minimum absolute atomic E-state index is 0.212. The second-order valence-electron chi connectivity index (χ2n) is 6.28. The van der Waals surface area contributed by atoms with Crippen molar-refractivity contribution in [3.8, 4) is 11.5 Å². The molecule has 2 rings (SSSR count). The highest BCUT2D eigenvalue weighted by molar-refractivity contribution is 6.07. The molecule has 6 nitrogen and oxygen atoms in total. The largest absolute Gasteiger partial charge is 0.492 e. The normalized spacial score (nSPS) is 11.0. The number of rotatable bonds is 9. The molecule has 2 aromatic carbocycles. The molecular weight excluding hydrogens is 368 g/mol. The molecule has 0 atom stereocenters. The number of allylic oxidation sites excluding steroid dienone is 1. The van der Waals surface area contributed by atoms with E-state index in [1.807, 2.05) is 32.9 Å². The second-order valence-corrected chi connectivity index (χ2v) is 6.28. The molecule has 2 amide bonds. The lowest BCUT2D eigenvalue weighted by atomic mass is 10.1. The number of benzene rings is 2. The molecule has 0 aliphatic carbocycles. The molecule has 2 aromatic rings. The van der Waals surface area contributed by atoms with Crippen molar-refractivity contribution in [2.45, 2.75) is 34.1 Å². The van der Waals surface area contributed by atoms with Crippen molar-refractivity contribution in [1.82, 2.24) is 0 Å². The maximum Gasteiger partial charge on any atom is 0.255 e. The Morgan fingerprint density at radius 2 is 1.45 bits per heavy atom. The Hall–Kier alpha value is -3.28. The molecule has 0 aliphatic rings. The van der Waals surface area contributed by atoms with Crippen LogP contribution in [0, 0.1) is 0 Å². The molecule has 0 aromatic heterocycles. The lowest BCUT2D eigenvalue weighted by Gasteiger charge is -2.18. The van der Waals surface area contributed by atoms with Crippen LogP contribution in [0.5, 0.6) is 11.5 Å². The molecule has 29 heavy (non-hydrogen) atoms. The number of amides is 2. The SMILES string of the molecule is CC/C=C(\C)C(=O)Nc1cc(OCC)c(NC(=O)c2ccccc2)cc1OCC. The van der Waals surface area contributed by atoms with Gasteiger partial charge in [0, 0.05) is 23.3 Å². The molecule has 0 saturated carbocycles. The Morgan fingerprint density at radius 1 is 0.897 bits per heavy atom. The Morgan fingerprint density at radius 3 is 1.97 bits per heavy atom. The van der Waals surface area contributed by atoms with Gasteiger partial charge in [0.25, 0.3) is 11.8 Å². The number of hydrogen-bond donors (Lipinski definition) is 2. The monoisotopic (exact) mass is 396 g/mol. The van der Waals surface area contributed by atoms with Crippen molar-refractivity contribution in [2.75, 3.05) is 23.8 Å². The molecule has 6 heteroatoms. The van der Waals surface area contributed by atoms with Crippen LogP contribution >= 0.6 is 0 Å². The zero-order valence-corrected chi connectivity index (χ0v) is 17.4. The average Bonchev–Trinajstić information content (AvgIpc) is 2.72. The highest BCUT2D eigenvalue weighted by Crippen LogP contribution is 2.37. The summed E-state index contributed by atoms with van der Waals surface area (Å²) in [7, 11) is 0. The average molecular weight is 396 g/mol. The molecule has 0 fully saturated rings. The van der Waals surface area contributed by atoms with Crippen molar-refractivity contribution < 1.29 is 19.1 Å². The second kappa shape index (κ2) is 10.9.